The summed E-state index contributed by atoms with van der Waals surface area (Å²) in [6.07, 6.45) is 0. The number of aryl methyl sites for hydroxylation is 6. The number of benzene rings is 3. The van der Waals surface area contributed by atoms with Gasteiger partial charge in [-0.05, 0) is 27.7 Å². The van der Waals surface area contributed by atoms with Crippen molar-refractivity contribution in [2.75, 3.05) is 0 Å². The molecular formula is C31H33Cl2SiZr-3. The fourth-order valence-corrected chi connectivity index (χ4v) is 3.86. The summed E-state index contributed by atoms with van der Waals surface area (Å²) in [6.45, 7) is 19.8. The van der Waals surface area contributed by atoms with Crippen LogP contribution in [0.3, 0.4) is 0 Å². The zero-order valence-electron chi connectivity index (χ0n) is 21.5. The van der Waals surface area contributed by atoms with E-state index in [1.807, 2.05) is 30.3 Å². The van der Waals surface area contributed by atoms with E-state index in [0.717, 1.165) is 5.56 Å². The van der Waals surface area contributed by atoms with E-state index in [0.29, 0.717) is 0 Å². The number of rotatable bonds is 0. The van der Waals surface area contributed by atoms with Crippen LogP contribution in [-0.4, -0.2) is 6.88 Å². The second-order valence-electron chi connectivity index (χ2n) is 8.83. The van der Waals surface area contributed by atoms with Crippen molar-refractivity contribution in [2.24, 2.45) is 0 Å². The van der Waals surface area contributed by atoms with Crippen molar-refractivity contribution in [1.29, 1.82) is 0 Å². The summed E-state index contributed by atoms with van der Waals surface area (Å²) in [5.41, 5.74) is 9.39. The maximum absolute atomic E-state index is 5.15. The first kappa shape index (κ1) is 29.7. The van der Waals surface area contributed by atoms with E-state index in [9.17, 15) is 0 Å². The molecule has 5 rings (SSSR count). The van der Waals surface area contributed by atoms with Crippen LogP contribution in [0, 0.1) is 48.5 Å². The summed E-state index contributed by atoms with van der Waals surface area (Å²) in [6, 6.07) is 27.7. The van der Waals surface area contributed by atoms with Gasteiger partial charge in [0.05, 0.1) is 0 Å². The van der Waals surface area contributed by atoms with Crippen LogP contribution in [0.2, 0.25) is 0 Å². The Kier molecular flexibility index (Phi) is 12.1. The molecule has 5 aromatic rings. The van der Waals surface area contributed by atoms with Gasteiger partial charge in [0.15, 0.2) is 0 Å². The quantitative estimate of drug-likeness (QED) is 0.123. The molecular weight excluding hydrogens is 563 g/mol. The normalized spacial score (nSPS) is 9.94. The van der Waals surface area contributed by atoms with Crippen molar-refractivity contribution in [2.45, 2.75) is 41.5 Å². The number of hydrogen-bond acceptors (Lipinski definition) is 0. The molecule has 0 N–H and O–H groups in total. The molecule has 0 saturated heterocycles. The third-order valence-corrected chi connectivity index (χ3v) is 5.99. The summed E-state index contributed by atoms with van der Waals surface area (Å²) in [5, 5.41) is 5.56. The molecule has 182 valence electrons. The molecule has 5 aromatic carbocycles. The Morgan fingerprint density at radius 2 is 1.03 bits per heavy atom. The Bertz CT molecular complexity index is 1310. The Balaban J connectivity index is 0.000000177. The van der Waals surface area contributed by atoms with Crippen LogP contribution >= 0.6 is 17.0 Å². The zero-order valence-corrected chi connectivity index (χ0v) is 26.4. The summed E-state index contributed by atoms with van der Waals surface area (Å²) in [7, 11) is 10.3. The topological polar surface area (TPSA) is 0 Å². The van der Waals surface area contributed by atoms with E-state index in [1.165, 1.54) is 54.9 Å². The Morgan fingerprint density at radius 3 is 1.34 bits per heavy atom. The molecule has 0 amide bonds. The molecule has 2 radical (unpaired) electrons. The molecule has 4 heteroatoms. The molecule has 0 spiro atoms. The standard InChI is InChI=1S/2C12H13.C7H7.2ClH.Si.Zr/c2*1-8-6-11-5-4-9(2)10(3)12(11)7-8;1-7-5-3-2-4-6-7;;;;/h2*4-7H,1-3H3;2-6H,1H2;2*1H;;/q3*-1;;;;+2/p-2. The molecule has 35 heavy (non-hydrogen) atoms. The first-order chi connectivity index (χ1) is 16.5. The van der Waals surface area contributed by atoms with Gasteiger partial charge in [-0.15, -0.1) is 81.2 Å². The van der Waals surface area contributed by atoms with Crippen LogP contribution in [0.4, 0.5) is 0 Å². The van der Waals surface area contributed by atoms with E-state index in [1.54, 1.807) is 0 Å². The average molecular weight is 596 g/mol. The van der Waals surface area contributed by atoms with Crippen molar-refractivity contribution in [3.05, 3.63) is 125 Å². The molecule has 0 saturated carbocycles. The Labute approximate surface area is 228 Å². The molecule has 0 heterocycles. The summed E-state index contributed by atoms with van der Waals surface area (Å²) in [5.74, 6) is 0. The van der Waals surface area contributed by atoms with Gasteiger partial charge in [0.25, 0.3) is 0 Å². The zero-order chi connectivity index (χ0) is 26.1. The summed E-state index contributed by atoms with van der Waals surface area (Å²) >= 11 is -1.79. The van der Waals surface area contributed by atoms with Crippen molar-refractivity contribution in [3.8, 4) is 0 Å². The molecule has 0 unspecified atom stereocenters. The fourth-order valence-electron chi connectivity index (χ4n) is 3.86. The first-order valence-corrected chi connectivity index (χ1v) is 22.0. The van der Waals surface area contributed by atoms with Crippen molar-refractivity contribution >= 4 is 45.4 Å². The second-order valence-corrected chi connectivity index (χ2v) is 22.4. The van der Waals surface area contributed by atoms with Gasteiger partial charge in [-0.3, -0.25) is 0 Å². The minimum atomic E-state index is -1.79. The average Bonchev–Trinajstić information content (AvgIpc) is 3.37. The molecule has 0 fully saturated rings. The predicted molar refractivity (Wildman–Crippen MR) is 156 cm³/mol. The summed E-state index contributed by atoms with van der Waals surface area (Å²) < 4.78 is 0. The van der Waals surface area contributed by atoms with Gasteiger partial charge in [-0.25, -0.2) is 0 Å². The fraction of sp³-hybridized carbons (Fsp3) is 0.194. The van der Waals surface area contributed by atoms with Crippen molar-refractivity contribution < 1.29 is 18.0 Å². The van der Waals surface area contributed by atoms with Gasteiger partial charge < -0.3 is 0 Å². The first-order valence-electron chi connectivity index (χ1n) is 11.5. The Hall–Kier alpha value is -1.57. The van der Waals surface area contributed by atoms with E-state index in [2.05, 4.69) is 104 Å². The maximum atomic E-state index is 5.15. The molecule has 0 aliphatic rings. The van der Waals surface area contributed by atoms with Gasteiger partial charge in [-0.1, -0.05) is 42.2 Å². The molecule has 0 aromatic heterocycles. The van der Waals surface area contributed by atoms with Gasteiger partial charge >= 0.3 is 41.9 Å². The van der Waals surface area contributed by atoms with Gasteiger partial charge in [0.1, 0.15) is 0 Å². The van der Waals surface area contributed by atoms with Crippen LogP contribution in [0.25, 0.3) is 21.5 Å². The van der Waals surface area contributed by atoms with Crippen LogP contribution in [-0.2, 0) is 18.0 Å². The van der Waals surface area contributed by atoms with Crippen molar-refractivity contribution in [1.82, 2.24) is 0 Å². The minimum absolute atomic E-state index is 1.07. The third-order valence-electron chi connectivity index (χ3n) is 5.99. The number of halogens is 2. The van der Waals surface area contributed by atoms with Gasteiger partial charge in [0, 0.05) is 0 Å². The third kappa shape index (κ3) is 9.43. The van der Waals surface area contributed by atoms with Crippen molar-refractivity contribution in [3.63, 3.8) is 0 Å². The monoisotopic (exact) mass is 593 g/mol. The summed E-state index contributed by atoms with van der Waals surface area (Å²) in [4.78, 5) is 0. The Morgan fingerprint density at radius 1 is 0.657 bits per heavy atom. The van der Waals surface area contributed by atoms with E-state index in [4.69, 9.17) is 17.0 Å². The molecule has 0 bridgehead atoms. The van der Waals surface area contributed by atoms with Gasteiger partial charge in [0.2, 0.25) is 0 Å². The van der Waals surface area contributed by atoms with Gasteiger partial charge in [-0.2, -0.15) is 36.8 Å². The van der Waals surface area contributed by atoms with Crippen LogP contribution in [0.5, 0.6) is 0 Å². The van der Waals surface area contributed by atoms with E-state index >= 15 is 0 Å². The van der Waals surface area contributed by atoms with Crippen LogP contribution < -0.4 is 0 Å². The SMILES string of the molecule is Cc1cc2c(C)c(C)ccc2[cH-]1.Cc1cc2c(C)c(C)ccc2[cH-]1.[CH2-]c1ccccc1.[Si]=[Zr]([Cl])[Cl]. The molecule has 0 atom stereocenters. The molecule has 0 nitrogen and oxygen atoms in total. The number of hydrogen-bond donors (Lipinski definition) is 0. The molecule has 0 aliphatic carbocycles. The van der Waals surface area contributed by atoms with E-state index in [-0.39, 0.29) is 0 Å². The van der Waals surface area contributed by atoms with Crippen LogP contribution in [0.1, 0.15) is 38.9 Å². The second kappa shape index (κ2) is 14.2. The van der Waals surface area contributed by atoms with E-state index < -0.39 is 18.0 Å². The number of fused-ring (bicyclic) bond motifs is 2. The molecule has 0 aliphatic heterocycles. The van der Waals surface area contributed by atoms with Crippen LogP contribution in [0.15, 0.2) is 78.9 Å². The predicted octanol–water partition coefficient (Wildman–Crippen LogP) is 9.83.